The summed E-state index contributed by atoms with van der Waals surface area (Å²) in [4.78, 5) is 12.0. The maximum atomic E-state index is 12.0. The predicted molar refractivity (Wildman–Crippen MR) is 79.5 cm³/mol. The highest BCUT2D eigenvalue weighted by Gasteiger charge is 2.43. The fraction of sp³-hybridized carbons (Fsp3) is 0.875. The van der Waals surface area contributed by atoms with Crippen molar-refractivity contribution in [3.05, 3.63) is 0 Å². The fourth-order valence-electron chi connectivity index (χ4n) is 3.75. The zero-order valence-corrected chi connectivity index (χ0v) is 13.5. The fourth-order valence-corrected chi connectivity index (χ4v) is 3.75. The molecule has 2 rings (SSSR count). The normalized spacial score (nSPS) is 42.3. The second-order valence-electron chi connectivity index (χ2n) is 7.09. The maximum absolute atomic E-state index is 12.0. The second kappa shape index (κ2) is 6.34. The number of cyclic esters (lactones) is 1. The smallest absolute Gasteiger partial charge is 0.306 e. The number of nitrogens with zero attached hydrogens (tertiary/aromatic N) is 1. The van der Waals surface area contributed by atoms with Crippen molar-refractivity contribution in [1.82, 2.24) is 0 Å². The summed E-state index contributed by atoms with van der Waals surface area (Å²) in [7, 11) is 0. The molecule has 2 bridgehead atoms. The van der Waals surface area contributed by atoms with E-state index < -0.39 is 6.10 Å². The lowest BCUT2D eigenvalue weighted by atomic mass is 9.84. The molecule has 5 atom stereocenters. The molecule has 2 heterocycles. The Hall–Kier alpha value is -1.10. The van der Waals surface area contributed by atoms with Gasteiger partial charge in [0, 0.05) is 12.8 Å². The van der Waals surface area contributed by atoms with Crippen molar-refractivity contribution >= 4 is 11.7 Å². The Labute approximate surface area is 126 Å². The van der Waals surface area contributed by atoms with Crippen LogP contribution < -0.4 is 0 Å². The number of fused-ring (bicyclic) bond motifs is 2. The summed E-state index contributed by atoms with van der Waals surface area (Å²) in [5, 5.41) is 12.2. The zero-order valence-electron chi connectivity index (χ0n) is 13.5. The largest absolute Gasteiger partial charge is 0.456 e. The average molecular weight is 297 g/mol. The van der Waals surface area contributed by atoms with Gasteiger partial charge in [-0.2, -0.15) is 0 Å². The first-order valence-electron chi connectivity index (χ1n) is 7.89. The number of esters is 1. The number of oxime groups is 1. The summed E-state index contributed by atoms with van der Waals surface area (Å²) in [5.74, 6) is 0.623. The predicted octanol–water partition coefficient (Wildman–Crippen LogP) is 3.14. The molecule has 2 aliphatic rings. The molecule has 120 valence electrons. The molecule has 0 aliphatic carbocycles. The first-order chi connectivity index (χ1) is 9.83. The van der Waals surface area contributed by atoms with Gasteiger partial charge in [0.05, 0.1) is 17.4 Å². The minimum Gasteiger partial charge on any atom is -0.456 e. The highest BCUT2D eigenvalue weighted by atomic mass is 16.6. The minimum atomic E-state index is -0.495. The Balaban J connectivity index is 2.21. The Kier molecular flexibility index (Phi) is 4.91. The Morgan fingerprint density at radius 1 is 1.38 bits per heavy atom. The van der Waals surface area contributed by atoms with Crippen LogP contribution in [0.3, 0.4) is 0 Å². The lowest BCUT2D eigenvalue weighted by molar-refractivity contribution is -0.147. The van der Waals surface area contributed by atoms with Crippen LogP contribution >= 0.6 is 0 Å². The molecule has 5 nitrogen and oxygen atoms in total. The third-order valence-corrected chi connectivity index (χ3v) is 4.79. The van der Waals surface area contributed by atoms with E-state index in [0.29, 0.717) is 30.4 Å². The van der Waals surface area contributed by atoms with Crippen LogP contribution in [-0.2, 0) is 14.3 Å². The van der Waals surface area contributed by atoms with Crippen molar-refractivity contribution in [2.45, 2.75) is 77.6 Å². The molecule has 2 aliphatic heterocycles. The van der Waals surface area contributed by atoms with Crippen LogP contribution in [-0.4, -0.2) is 34.7 Å². The lowest BCUT2D eigenvalue weighted by Gasteiger charge is -2.28. The molecule has 0 aromatic heterocycles. The molecule has 0 saturated carbocycles. The van der Waals surface area contributed by atoms with Crippen molar-refractivity contribution in [3.63, 3.8) is 0 Å². The highest BCUT2D eigenvalue weighted by Crippen LogP contribution is 2.41. The SMILES string of the molecule is C/C(=N\O)[C@H]1CC2O[C@](C)(CC2C)C[C@@H](C)CCC(=O)O1. The molecule has 2 unspecified atom stereocenters. The van der Waals surface area contributed by atoms with Gasteiger partial charge >= 0.3 is 5.97 Å². The van der Waals surface area contributed by atoms with Crippen LogP contribution in [0, 0.1) is 11.8 Å². The van der Waals surface area contributed by atoms with Gasteiger partial charge in [-0.25, -0.2) is 0 Å². The first kappa shape index (κ1) is 16.3. The van der Waals surface area contributed by atoms with E-state index in [1.807, 2.05) is 0 Å². The van der Waals surface area contributed by atoms with E-state index in [4.69, 9.17) is 14.7 Å². The van der Waals surface area contributed by atoms with Crippen LogP contribution in [0.1, 0.15) is 59.8 Å². The van der Waals surface area contributed by atoms with Gasteiger partial charge in [0.15, 0.2) is 0 Å². The molecule has 1 N–H and O–H groups in total. The standard InChI is InChI=1S/C16H27NO4/c1-10-5-6-15(18)20-14(12(3)17-19)7-13-11(2)9-16(4,8-10)21-13/h10-11,13-14,19H,5-9H2,1-4H3/b17-12+/t10-,11?,13?,14+,16-/m0/s1. The summed E-state index contributed by atoms with van der Waals surface area (Å²) >= 11 is 0. The molecule has 0 radical (unpaired) electrons. The number of carbonyl (C=O) groups excluding carboxylic acids is 1. The molecule has 5 heteroatoms. The number of hydrogen-bond donors (Lipinski definition) is 1. The maximum Gasteiger partial charge on any atom is 0.306 e. The summed E-state index contributed by atoms with van der Waals surface area (Å²) in [6.07, 6.45) is 3.32. The number of rotatable bonds is 1. The number of hydrogen-bond acceptors (Lipinski definition) is 5. The van der Waals surface area contributed by atoms with Gasteiger partial charge in [-0.3, -0.25) is 4.79 Å². The summed E-state index contributed by atoms with van der Waals surface area (Å²) in [6.45, 7) is 8.19. The lowest BCUT2D eigenvalue weighted by Crippen LogP contribution is -2.32. The molecule has 0 aromatic carbocycles. The van der Waals surface area contributed by atoms with E-state index in [2.05, 4.69) is 25.9 Å². The summed E-state index contributed by atoms with van der Waals surface area (Å²) < 4.78 is 11.8. The van der Waals surface area contributed by atoms with Gasteiger partial charge in [-0.05, 0) is 44.9 Å². The Morgan fingerprint density at radius 2 is 2.10 bits per heavy atom. The van der Waals surface area contributed by atoms with Gasteiger partial charge in [-0.15, -0.1) is 0 Å². The van der Waals surface area contributed by atoms with Gasteiger partial charge in [0.2, 0.25) is 0 Å². The third-order valence-electron chi connectivity index (χ3n) is 4.79. The van der Waals surface area contributed by atoms with E-state index in [-0.39, 0.29) is 17.7 Å². The molecule has 0 aromatic rings. The van der Waals surface area contributed by atoms with Crippen LogP contribution in [0.5, 0.6) is 0 Å². The van der Waals surface area contributed by atoms with E-state index in [0.717, 1.165) is 19.3 Å². The number of ether oxygens (including phenoxy) is 2. The van der Waals surface area contributed by atoms with E-state index in [9.17, 15) is 4.79 Å². The topological polar surface area (TPSA) is 68.1 Å². The molecule has 2 fully saturated rings. The second-order valence-corrected chi connectivity index (χ2v) is 7.09. The Bertz CT molecular complexity index is 423. The third kappa shape index (κ3) is 3.96. The first-order valence-corrected chi connectivity index (χ1v) is 7.89. The monoisotopic (exact) mass is 297 g/mol. The van der Waals surface area contributed by atoms with Gasteiger partial charge < -0.3 is 14.7 Å². The molecule has 21 heavy (non-hydrogen) atoms. The van der Waals surface area contributed by atoms with Crippen molar-refractivity contribution in [1.29, 1.82) is 0 Å². The van der Waals surface area contributed by atoms with E-state index in [1.54, 1.807) is 6.92 Å². The van der Waals surface area contributed by atoms with Crippen LogP contribution in [0.4, 0.5) is 0 Å². The van der Waals surface area contributed by atoms with Crippen molar-refractivity contribution in [2.24, 2.45) is 17.0 Å². The van der Waals surface area contributed by atoms with Crippen LogP contribution in [0.25, 0.3) is 0 Å². The minimum absolute atomic E-state index is 0.0369. The van der Waals surface area contributed by atoms with Gasteiger partial charge in [0.25, 0.3) is 0 Å². The molecular formula is C16H27NO4. The van der Waals surface area contributed by atoms with Gasteiger partial charge in [-0.1, -0.05) is 19.0 Å². The van der Waals surface area contributed by atoms with E-state index in [1.165, 1.54) is 0 Å². The van der Waals surface area contributed by atoms with Crippen LogP contribution in [0.15, 0.2) is 5.16 Å². The van der Waals surface area contributed by atoms with Crippen molar-refractivity contribution in [2.75, 3.05) is 0 Å². The van der Waals surface area contributed by atoms with Crippen molar-refractivity contribution in [3.8, 4) is 0 Å². The average Bonchev–Trinajstić information content (AvgIpc) is 2.67. The Morgan fingerprint density at radius 3 is 2.76 bits per heavy atom. The summed E-state index contributed by atoms with van der Waals surface area (Å²) in [6, 6.07) is 0. The van der Waals surface area contributed by atoms with E-state index >= 15 is 0 Å². The van der Waals surface area contributed by atoms with Crippen LogP contribution in [0.2, 0.25) is 0 Å². The molecule has 0 spiro atoms. The zero-order chi connectivity index (χ0) is 15.6. The highest BCUT2D eigenvalue weighted by molar-refractivity contribution is 5.88. The van der Waals surface area contributed by atoms with Crippen molar-refractivity contribution < 1.29 is 19.5 Å². The molecule has 2 saturated heterocycles. The quantitative estimate of drug-likeness (QED) is 0.349. The summed E-state index contributed by atoms with van der Waals surface area (Å²) in [5.41, 5.74) is 0.311. The molecular weight excluding hydrogens is 270 g/mol. The number of carbonyl (C=O) groups is 1. The molecule has 0 amide bonds. The van der Waals surface area contributed by atoms with Gasteiger partial charge in [0.1, 0.15) is 6.10 Å².